The predicted octanol–water partition coefficient (Wildman–Crippen LogP) is 20.4. The van der Waals surface area contributed by atoms with Crippen LogP contribution in [0.25, 0.3) is 178 Å². The van der Waals surface area contributed by atoms with Crippen molar-refractivity contribution in [2.24, 2.45) is 0 Å². The molecule has 94 heavy (non-hydrogen) atoms. The third-order valence-electron chi connectivity index (χ3n) is 18.5. The second-order valence-electron chi connectivity index (χ2n) is 23.9. The molecule has 0 radical (unpaired) electrons. The van der Waals surface area contributed by atoms with Crippen LogP contribution in [-0.4, -0.2) is 48.2 Å². The Balaban J connectivity index is 0.714. The average molecular weight is 1200 g/mol. The van der Waals surface area contributed by atoms with Gasteiger partial charge in [-0.1, -0.05) is 231 Å². The monoisotopic (exact) mass is 1200 g/mol. The van der Waals surface area contributed by atoms with Gasteiger partial charge in [0.2, 0.25) is 11.9 Å². The van der Waals surface area contributed by atoms with E-state index in [0.29, 0.717) is 35.2 Å². The van der Waals surface area contributed by atoms with Gasteiger partial charge in [0.1, 0.15) is 0 Å². The molecule has 0 saturated heterocycles. The van der Waals surface area contributed by atoms with Crippen molar-refractivity contribution >= 4 is 87.2 Å². The number of aromatic nitrogens is 10. The van der Waals surface area contributed by atoms with Crippen molar-refractivity contribution in [2.75, 3.05) is 0 Å². The Bertz CT molecular complexity index is 6210. The van der Waals surface area contributed by atoms with E-state index < -0.39 is 0 Å². The zero-order valence-electron chi connectivity index (χ0n) is 50.5. The van der Waals surface area contributed by atoms with Crippen molar-refractivity contribution in [3.05, 3.63) is 315 Å². The maximum Gasteiger partial charge on any atom is 0.238 e. The van der Waals surface area contributed by atoms with Crippen molar-refractivity contribution in [1.29, 1.82) is 0 Å². The van der Waals surface area contributed by atoms with Crippen molar-refractivity contribution in [3.63, 3.8) is 0 Å². The summed E-state index contributed by atoms with van der Waals surface area (Å²) in [5, 5.41) is 9.15. The summed E-state index contributed by atoms with van der Waals surface area (Å²) in [6.07, 6.45) is 0. The molecule has 0 amide bonds. The maximum atomic E-state index is 5.44. The first-order valence-corrected chi connectivity index (χ1v) is 31.6. The Labute approximate surface area is 538 Å². The van der Waals surface area contributed by atoms with E-state index in [-0.39, 0.29) is 0 Å². The summed E-state index contributed by atoms with van der Waals surface area (Å²) < 4.78 is 9.15. The highest BCUT2D eigenvalue weighted by Gasteiger charge is 2.25. The van der Waals surface area contributed by atoms with E-state index in [1.165, 1.54) is 21.8 Å². The fraction of sp³-hybridized carbons (Fsp3) is 0. The van der Waals surface area contributed by atoms with Crippen LogP contribution in [0.1, 0.15) is 0 Å². The highest BCUT2D eigenvalue weighted by Crippen LogP contribution is 2.44. The number of rotatable bonds is 10. The summed E-state index contributed by atoms with van der Waals surface area (Å²) in [7, 11) is 0. The van der Waals surface area contributed by atoms with Crippen LogP contribution in [0.2, 0.25) is 0 Å². The smallest absolute Gasteiger partial charge is 0.238 e. The van der Waals surface area contributed by atoms with E-state index in [0.717, 1.165) is 121 Å². The molecule has 0 aliphatic heterocycles. The Hall–Kier alpha value is -12.9. The Kier molecular flexibility index (Phi) is 12.0. The molecule has 0 N–H and O–H groups in total. The van der Waals surface area contributed by atoms with Crippen molar-refractivity contribution < 1.29 is 0 Å². The van der Waals surface area contributed by atoms with Crippen LogP contribution >= 0.6 is 0 Å². The molecule has 19 aromatic rings. The molecule has 0 aliphatic rings. The molecule has 438 valence electrons. The Morgan fingerprint density at radius 1 is 0.181 bits per heavy atom. The topological polar surface area (TPSA) is 97.1 Å². The van der Waals surface area contributed by atoms with Crippen LogP contribution in [0.4, 0.5) is 0 Å². The second kappa shape index (κ2) is 21.4. The number of fused-ring (bicyclic) bond motifs is 13. The van der Waals surface area contributed by atoms with Crippen LogP contribution in [-0.2, 0) is 0 Å². The summed E-state index contributed by atoms with van der Waals surface area (Å²) in [6.45, 7) is 0. The summed E-state index contributed by atoms with van der Waals surface area (Å²) in [5.74, 6) is 3.35. The van der Waals surface area contributed by atoms with Crippen LogP contribution in [0.15, 0.2) is 315 Å². The summed E-state index contributed by atoms with van der Waals surface area (Å²) in [6, 6.07) is 111. The molecule has 0 atom stereocenters. The molecule has 0 bridgehead atoms. The molecule has 0 fully saturated rings. The first kappa shape index (κ1) is 53.0. The number of para-hydroxylation sites is 6. The maximum absolute atomic E-state index is 5.44. The zero-order valence-corrected chi connectivity index (χ0v) is 50.5. The van der Waals surface area contributed by atoms with E-state index >= 15 is 0 Å². The van der Waals surface area contributed by atoms with Crippen LogP contribution < -0.4 is 0 Å². The molecule has 0 spiro atoms. The fourth-order valence-electron chi connectivity index (χ4n) is 14.2. The first-order valence-electron chi connectivity index (χ1n) is 31.6. The molecule has 0 aliphatic carbocycles. The molecule has 6 heterocycles. The van der Waals surface area contributed by atoms with Crippen LogP contribution in [0, 0.1) is 0 Å². The molecule has 6 aromatic heterocycles. The third kappa shape index (κ3) is 8.51. The normalized spacial score (nSPS) is 11.8. The van der Waals surface area contributed by atoms with Gasteiger partial charge >= 0.3 is 0 Å². The highest BCUT2D eigenvalue weighted by atomic mass is 15.2. The minimum atomic E-state index is 0.531. The fourth-order valence-corrected chi connectivity index (χ4v) is 14.2. The molecule has 0 saturated carbocycles. The summed E-state index contributed by atoms with van der Waals surface area (Å²) in [4.78, 5) is 32.0. The number of nitrogens with zero attached hydrogens (tertiary/aromatic N) is 10. The molecular weight excluding hydrogens is 1150 g/mol. The van der Waals surface area contributed by atoms with E-state index in [2.05, 4.69) is 297 Å². The SMILES string of the molecule is c1ccc(-c2nc(-c3cccc(-c4ccc(-c5nc(-c6ccccc6)nc(-n6c7ccccc7c7ccc8c(c9ccccc9n8-c8ccccc8)c76)n5)cc4)c3)nc(-n3c4ccccc4c4cc(-c5ccc6c(c5)c5ccccc5n6-c5ccccc5)ccc43)n2)cc1. The number of hydrogen-bond acceptors (Lipinski definition) is 6. The van der Waals surface area contributed by atoms with Gasteiger partial charge in [0.15, 0.2) is 23.3 Å². The van der Waals surface area contributed by atoms with Crippen LogP contribution in [0.5, 0.6) is 0 Å². The molecule has 0 unspecified atom stereocenters. The van der Waals surface area contributed by atoms with Gasteiger partial charge in [-0.05, 0) is 107 Å². The largest absolute Gasteiger partial charge is 0.309 e. The Morgan fingerprint density at radius 3 is 1.07 bits per heavy atom. The van der Waals surface area contributed by atoms with Gasteiger partial charge in [0.05, 0.1) is 44.1 Å². The quantitative estimate of drug-likeness (QED) is 0.135. The van der Waals surface area contributed by atoms with Crippen LogP contribution in [0.3, 0.4) is 0 Å². The van der Waals surface area contributed by atoms with E-state index in [1.54, 1.807) is 0 Å². The molecule has 19 rings (SSSR count). The minimum Gasteiger partial charge on any atom is -0.309 e. The predicted molar refractivity (Wildman–Crippen MR) is 383 cm³/mol. The molecular formula is C84H52N10. The Morgan fingerprint density at radius 2 is 0.521 bits per heavy atom. The van der Waals surface area contributed by atoms with Crippen molar-refractivity contribution in [2.45, 2.75) is 0 Å². The van der Waals surface area contributed by atoms with E-state index in [9.17, 15) is 0 Å². The van der Waals surface area contributed by atoms with Gasteiger partial charge in [-0.2, -0.15) is 19.9 Å². The summed E-state index contributed by atoms with van der Waals surface area (Å²) >= 11 is 0. The van der Waals surface area contributed by atoms with Gasteiger partial charge in [-0.25, -0.2) is 9.97 Å². The average Bonchev–Trinajstić information content (AvgIpc) is 1.54. The van der Waals surface area contributed by atoms with Crippen molar-refractivity contribution in [1.82, 2.24) is 48.2 Å². The lowest BCUT2D eigenvalue weighted by molar-refractivity contribution is 0.953. The van der Waals surface area contributed by atoms with Gasteiger partial charge in [0.25, 0.3) is 0 Å². The number of hydrogen-bond donors (Lipinski definition) is 0. The second-order valence-corrected chi connectivity index (χ2v) is 23.9. The zero-order chi connectivity index (χ0) is 61.8. The molecule has 10 heteroatoms. The van der Waals surface area contributed by atoms with E-state index in [1.807, 2.05) is 36.4 Å². The van der Waals surface area contributed by atoms with Gasteiger partial charge in [-0.15, -0.1) is 0 Å². The highest BCUT2D eigenvalue weighted by molar-refractivity contribution is 6.26. The lowest BCUT2D eigenvalue weighted by Crippen LogP contribution is -2.06. The van der Waals surface area contributed by atoms with Crippen molar-refractivity contribution in [3.8, 4) is 91.1 Å². The molecule has 10 nitrogen and oxygen atoms in total. The molecule has 13 aromatic carbocycles. The van der Waals surface area contributed by atoms with Gasteiger partial charge in [0, 0.05) is 76.7 Å². The van der Waals surface area contributed by atoms with Gasteiger partial charge in [-0.3, -0.25) is 9.13 Å². The standard InChI is InChI=1S/C84H52N10/c1-5-22-54(23-6-1)79-85-81(89-84(88-79)94-72-38-19-13-32-63(72)66-46-49-76-77(78(66)94)67-35-16-20-39-73(67)92(76)62-30-11-4-12-31-62)56-42-40-53(41-43-56)57-26-21-27-60(50-57)82-86-80(55-24-7-2-8-25-55)87-83(90-82)93-71-37-18-15-34-65(71)69-52-59(45-48-75(69)93)58-44-47-74-68(51-58)64-33-14-17-36-70(64)91(74)61-28-9-3-10-29-61/h1-52H. The minimum absolute atomic E-state index is 0.531. The lowest BCUT2D eigenvalue weighted by atomic mass is 10.0. The van der Waals surface area contributed by atoms with Gasteiger partial charge < -0.3 is 9.13 Å². The van der Waals surface area contributed by atoms with E-state index in [4.69, 9.17) is 29.9 Å². The third-order valence-corrected chi connectivity index (χ3v) is 18.5. The lowest BCUT2D eigenvalue weighted by Gasteiger charge is -2.12. The first-order chi connectivity index (χ1) is 46.6. The summed E-state index contributed by atoms with van der Waals surface area (Å²) in [5.41, 5.74) is 18.6. The number of benzene rings is 13.